The zero-order valence-electron chi connectivity index (χ0n) is 6.35. The van der Waals surface area contributed by atoms with Gasteiger partial charge in [0.05, 0.1) is 0 Å². The number of halogens is 4. The summed E-state index contributed by atoms with van der Waals surface area (Å²) in [7, 11) is 0. The molecule has 0 radical (unpaired) electrons. The summed E-state index contributed by atoms with van der Waals surface area (Å²) < 4.78 is 36.7. The Bertz CT molecular complexity index is 339. The molecule has 1 N–H and O–H groups in total. The van der Waals surface area contributed by atoms with Crippen LogP contribution in [-0.2, 0) is 6.18 Å². The molecule has 0 aliphatic heterocycles. The molecule has 0 bridgehead atoms. The van der Waals surface area contributed by atoms with E-state index < -0.39 is 28.3 Å². The van der Waals surface area contributed by atoms with Crippen LogP contribution in [0.15, 0.2) is 0 Å². The Morgan fingerprint density at radius 1 is 1.31 bits per heavy atom. The summed E-state index contributed by atoms with van der Waals surface area (Å²) in [6.07, 6.45) is -4.63. The van der Waals surface area contributed by atoms with Gasteiger partial charge in [-0.15, -0.1) is 10.2 Å². The number of hydrogen-bond donors (Lipinski definition) is 1. The highest BCUT2D eigenvalue weighted by molar-refractivity contribution is 6.30. The molecule has 0 spiro atoms. The lowest BCUT2D eigenvalue weighted by Gasteiger charge is -2.10. The molecule has 1 aromatic heterocycles. The second-order valence-corrected chi connectivity index (χ2v) is 2.67. The van der Waals surface area contributed by atoms with E-state index in [9.17, 15) is 13.2 Å². The summed E-state index contributed by atoms with van der Waals surface area (Å²) >= 11 is 5.18. The standard InChI is InChI=1S/C6H4ClF3N2O/c1-2-3(6(8,9)10)4(7)11-12-5(2)13/h1H3,(H,12,13). The van der Waals surface area contributed by atoms with Gasteiger partial charge in [-0.25, -0.2) is 0 Å². The molecule has 13 heavy (non-hydrogen) atoms. The fourth-order valence-corrected chi connectivity index (χ4v) is 1.10. The highest BCUT2D eigenvalue weighted by Gasteiger charge is 2.37. The SMILES string of the molecule is Cc1c(O)nnc(Cl)c1C(F)(F)F. The van der Waals surface area contributed by atoms with Gasteiger partial charge in [-0.2, -0.15) is 13.2 Å². The molecule has 72 valence electrons. The first kappa shape index (κ1) is 10.0. The second-order valence-electron chi connectivity index (χ2n) is 2.31. The minimum atomic E-state index is -4.63. The van der Waals surface area contributed by atoms with Gasteiger partial charge in [0, 0.05) is 5.56 Å². The third-order valence-electron chi connectivity index (χ3n) is 1.43. The lowest BCUT2D eigenvalue weighted by atomic mass is 10.2. The van der Waals surface area contributed by atoms with Crippen molar-refractivity contribution in [2.45, 2.75) is 13.1 Å². The Morgan fingerprint density at radius 3 is 2.23 bits per heavy atom. The third kappa shape index (κ3) is 1.82. The Labute approximate surface area is 76.2 Å². The van der Waals surface area contributed by atoms with Crippen LogP contribution in [0, 0.1) is 6.92 Å². The van der Waals surface area contributed by atoms with E-state index in [1.54, 1.807) is 0 Å². The minimum absolute atomic E-state index is 0.424. The maximum absolute atomic E-state index is 12.2. The summed E-state index contributed by atoms with van der Waals surface area (Å²) in [6.45, 7) is 1.07. The quantitative estimate of drug-likeness (QED) is 0.717. The van der Waals surface area contributed by atoms with Crippen molar-refractivity contribution >= 4 is 11.6 Å². The summed E-state index contributed by atoms with van der Waals surface area (Å²) in [5.74, 6) is -0.767. The van der Waals surface area contributed by atoms with Crippen LogP contribution in [0.25, 0.3) is 0 Å². The first-order valence-electron chi connectivity index (χ1n) is 3.13. The predicted octanol–water partition coefficient (Wildman–Crippen LogP) is 2.16. The molecular weight excluding hydrogens is 209 g/mol. The Morgan fingerprint density at radius 2 is 1.85 bits per heavy atom. The van der Waals surface area contributed by atoms with E-state index in [2.05, 4.69) is 10.2 Å². The number of nitrogens with zero attached hydrogens (tertiary/aromatic N) is 2. The van der Waals surface area contributed by atoms with Crippen LogP contribution < -0.4 is 0 Å². The molecule has 0 aliphatic rings. The maximum atomic E-state index is 12.2. The predicted molar refractivity (Wildman–Crippen MR) is 38.4 cm³/mol. The zero-order chi connectivity index (χ0) is 10.2. The number of alkyl halides is 3. The monoisotopic (exact) mass is 212 g/mol. The zero-order valence-corrected chi connectivity index (χ0v) is 7.11. The van der Waals surface area contributed by atoms with Gasteiger partial charge in [-0.05, 0) is 6.92 Å². The largest absolute Gasteiger partial charge is 0.492 e. The Balaban J connectivity index is 3.43. The normalized spacial score (nSPS) is 11.8. The molecule has 1 aromatic rings. The van der Waals surface area contributed by atoms with Crippen LogP contribution in [0.5, 0.6) is 5.88 Å². The van der Waals surface area contributed by atoms with Gasteiger partial charge < -0.3 is 5.11 Å². The lowest BCUT2D eigenvalue weighted by Crippen LogP contribution is -2.10. The van der Waals surface area contributed by atoms with E-state index in [0.29, 0.717) is 0 Å². The van der Waals surface area contributed by atoms with Crippen molar-refractivity contribution in [2.75, 3.05) is 0 Å². The van der Waals surface area contributed by atoms with Crippen molar-refractivity contribution in [3.05, 3.63) is 16.3 Å². The van der Waals surface area contributed by atoms with Gasteiger partial charge in [0.1, 0.15) is 5.56 Å². The highest BCUT2D eigenvalue weighted by Crippen LogP contribution is 2.37. The fourth-order valence-electron chi connectivity index (χ4n) is 0.812. The van der Waals surface area contributed by atoms with E-state index in [1.807, 2.05) is 0 Å². The van der Waals surface area contributed by atoms with E-state index in [0.717, 1.165) is 6.92 Å². The number of aromatic nitrogens is 2. The molecule has 0 atom stereocenters. The molecule has 0 saturated heterocycles. The van der Waals surface area contributed by atoms with Crippen LogP contribution in [0.2, 0.25) is 5.15 Å². The van der Waals surface area contributed by atoms with Gasteiger partial charge in [0.15, 0.2) is 5.15 Å². The molecule has 0 amide bonds. The molecule has 0 fully saturated rings. The first-order chi connectivity index (χ1) is 5.84. The molecule has 7 heteroatoms. The van der Waals surface area contributed by atoms with Gasteiger partial charge in [0.2, 0.25) is 5.88 Å². The van der Waals surface area contributed by atoms with E-state index in [4.69, 9.17) is 16.7 Å². The van der Waals surface area contributed by atoms with Crippen LogP contribution in [0.3, 0.4) is 0 Å². The molecule has 3 nitrogen and oxygen atoms in total. The second kappa shape index (κ2) is 3.02. The van der Waals surface area contributed by atoms with Crippen molar-refractivity contribution in [2.24, 2.45) is 0 Å². The van der Waals surface area contributed by atoms with Gasteiger partial charge in [-0.1, -0.05) is 11.6 Å². The smallest absolute Gasteiger partial charge is 0.419 e. The van der Waals surface area contributed by atoms with Crippen molar-refractivity contribution in [3.63, 3.8) is 0 Å². The Hall–Kier alpha value is -1.04. The Kier molecular flexibility index (Phi) is 2.34. The van der Waals surface area contributed by atoms with Gasteiger partial charge >= 0.3 is 6.18 Å². The van der Waals surface area contributed by atoms with Crippen molar-refractivity contribution in [1.29, 1.82) is 0 Å². The molecular formula is C6H4ClF3N2O. The maximum Gasteiger partial charge on any atom is 0.419 e. The molecule has 0 saturated carbocycles. The third-order valence-corrected chi connectivity index (χ3v) is 1.70. The van der Waals surface area contributed by atoms with Crippen molar-refractivity contribution in [1.82, 2.24) is 10.2 Å². The minimum Gasteiger partial charge on any atom is -0.492 e. The summed E-state index contributed by atoms with van der Waals surface area (Å²) in [5, 5.41) is 14.1. The number of hydrogen-bond acceptors (Lipinski definition) is 3. The summed E-state index contributed by atoms with van der Waals surface area (Å²) in [5.41, 5.74) is -1.57. The van der Waals surface area contributed by atoms with Crippen LogP contribution in [0.4, 0.5) is 13.2 Å². The van der Waals surface area contributed by atoms with Crippen LogP contribution in [-0.4, -0.2) is 15.3 Å². The van der Waals surface area contributed by atoms with Gasteiger partial charge in [0.25, 0.3) is 0 Å². The molecule has 0 aliphatic carbocycles. The number of rotatable bonds is 0. The molecule has 1 rings (SSSR count). The van der Waals surface area contributed by atoms with E-state index >= 15 is 0 Å². The average Bonchev–Trinajstić information content (AvgIpc) is 1.95. The first-order valence-corrected chi connectivity index (χ1v) is 3.50. The van der Waals surface area contributed by atoms with Crippen LogP contribution >= 0.6 is 11.6 Å². The molecule has 0 unspecified atom stereocenters. The molecule has 1 heterocycles. The van der Waals surface area contributed by atoms with E-state index in [-0.39, 0.29) is 0 Å². The van der Waals surface area contributed by atoms with Crippen molar-refractivity contribution in [3.8, 4) is 5.88 Å². The van der Waals surface area contributed by atoms with Crippen molar-refractivity contribution < 1.29 is 18.3 Å². The molecule has 0 aromatic carbocycles. The average molecular weight is 213 g/mol. The van der Waals surface area contributed by atoms with E-state index in [1.165, 1.54) is 0 Å². The fraction of sp³-hybridized carbons (Fsp3) is 0.333. The lowest BCUT2D eigenvalue weighted by molar-refractivity contribution is -0.138. The summed E-state index contributed by atoms with van der Waals surface area (Å²) in [4.78, 5) is 0. The van der Waals surface area contributed by atoms with Gasteiger partial charge in [-0.3, -0.25) is 0 Å². The van der Waals surface area contributed by atoms with Crippen LogP contribution in [0.1, 0.15) is 11.1 Å². The topological polar surface area (TPSA) is 46.0 Å². The summed E-state index contributed by atoms with van der Waals surface area (Å²) in [6, 6.07) is 0. The highest BCUT2D eigenvalue weighted by atomic mass is 35.5. The number of aromatic hydroxyl groups is 1.